The number of rotatable bonds is 14. The topological polar surface area (TPSA) is 86.8 Å². The first-order chi connectivity index (χ1) is 17.5. The van der Waals surface area contributed by atoms with Gasteiger partial charge in [-0.05, 0) is 49.1 Å². The fourth-order valence-electron chi connectivity index (χ4n) is 3.90. The van der Waals surface area contributed by atoms with Gasteiger partial charge >= 0.3 is 0 Å². The van der Waals surface area contributed by atoms with E-state index in [1.165, 1.54) is 23.1 Å². The lowest BCUT2D eigenvalue weighted by Gasteiger charge is -2.31. The molecule has 2 aromatic carbocycles. The minimum Gasteiger partial charge on any atom is -0.354 e. The van der Waals surface area contributed by atoms with Crippen molar-refractivity contribution in [3.63, 3.8) is 0 Å². The molecule has 0 unspecified atom stereocenters. The molecule has 0 aliphatic rings. The molecule has 0 aliphatic carbocycles. The van der Waals surface area contributed by atoms with Crippen LogP contribution in [0.1, 0.15) is 51.5 Å². The number of carbonyl (C=O) groups is 2. The van der Waals surface area contributed by atoms with E-state index in [0.29, 0.717) is 28.6 Å². The average molecular weight is 575 g/mol. The van der Waals surface area contributed by atoms with Crippen LogP contribution in [0.2, 0.25) is 10.0 Å². The van der Waals surface area contributed by atoms with E-state index >= 15 is 0 Å². The predicted molar refractivity (Wildman–Crippen MR) is 147 cm³/mol. The Labute approximate surface area is 229 Å². The quantitative estimate of drug-likeness (QED) is 0.306. The van der Waals surface area contributed by atoms with Crippen LogP contribution in [-0.4, -0.2) is 50.5 Å². The maximum Gasteiger partial charge on any atom is 0.242 e. The summed E-state index contributed by atoms with van der Waals surface area (Å²) in [5.74, 6) is -1.28. The molecule has 37 heavy (non-hydrogen) atoms. The van der Waals surface area contributed by atoms with E-state index in [1.54, 1.807) is 24.3 Å². The molecule has 2 rings (SSSR count). The second kappa shape index (κ2) is 14.5. The maximum atomic E-state index is 14.3. The second-order valence-corrected chi connectivity index (χ2v) is 11.5. The number of hydrogen-bond donors (Lipinski definition) is 1. The number of sulfonamides is 1. The van der Waals surface area contributed by atoms with Crippen molar-refractivity contribution in [3.8, 4) is 0 Å². The summed E-state index contributed by atoms with van der Waals surface area (Å²) in [6, 6.07) is 9.76. The normalized spacial score (nSPS) is 12.2. The summed E-state index contributed by atoms with van der Waals surface area (Å²) < 4.78 is 40.0. The van der Waals surface area contributed by atoms with Crippen molar-refractivity contribution in [1.82, 2.24) is 10.2 Å². The summed E-state index contributed by atoms with van der Waals surface area (Å²) in [6.45, 7) is 4.32. The van der Waals surface area contributed by atoms with Gasteiger partial charge in [0.05, 0.1) is 11.9 Å². The lowest BCUT2D eigenvalue weighted by Crippen LogP contribution is -2.49. The highest BCUT2D eigenvalue weighted by atomic mass is 35.5. The van der Waals surface area contributed by atoms with Crippen molar-refractivity contribution in [2.24, 2.45) is 0 Å². The monoisotopic (exact) mass is 573 g/mol. The number of para-hydroxylation sites is 1. The van der Waals surface area contributed by atoms with Gasteiger partial charge in [0.15, 0.2) is 0 Å². The molecule has 2 amide bonds. The van der Waals surface area contributed by atoms with Crippen molar-refractivity contribution in [1.29, 1.82) is 0 Å². The molecule has 0 heterocycles. The highest BCUT2D eigenvalue weighted by Gasteiger charge is 2.29. The van der Waals surface area contributed by atoms with Crippen molar-refractivity contribution in [3.05, 3.63) is 63.9 Å². The zero-order valence-electron chi connectivity index (χ0n) is 21.3. The fourth-order valence-corrected chi connectivity index (χ4v) is 5.33. The highest BCUT2D eigenvalue weighted by molar-refractivity contribution is 7.92. The molecule has 0 saturated carbocycles. The summed E-state index contributed by atoms with van der Waals surface area (Å²) in [4.78, 5) is 27.9. The predicted octanol–water partition coefficient (Wildman–Crippen LogP) is 5.40. The van der Waals surface area contributed by atoms with E-state index in [2.05, 4.69) is 5.32 Å². The molecule has 0 bridgehead atoms. The van der Waals surface area contributed by atoms with Gasteiger partial charge in [0.2, 0.25) is 21.8 Å². The molecule has 0 aromatic heterocycles. The Morgan fingerprint density at radius 2 is 1.78 bits per heavy atom. The van der Waals surface area contributed by atoms with Gasteiger partial charge in [-0.15, -0.1) is 0 Å². The number of carbonyl (C=O) groups excluding carboxylic acids is 2. The third-order valence-corrected chi connectivity index (χ3v) is 7.61. The Kier molecular flexibility index (Phi) is 12.1. The zero-order chi connectivity index (χ0) is 27.6. The lowest BCUT2D eigenvalue weighted by molar-refractivity contribution is -0.141. The van der Waals surface area contributed by atoms with Crippen molar-refractivity contribution in [2.75, 3.05) is 23.7 Å². The van der Waals surface area contributed by atoms with Crippen LogP contribution in [0.4, 0.5) is 10.1 Å². The standard InChI is InChI=1S/C26H34Cl2FN3O4S/c1-4-6-15-30-26(34)23(5-2)31(18-19-13-14-20(27)17-21(19)28)25(33)12-9-16-32(37(3,35)36)24-11-8-7-10-22(24)29/h7-8,10-11,13-14,17,23H,4-6,9,12,15-16,18H2,1-3H3,(H,30,34)/t23-/m1/s1. The van der Waals surface area contributed by atoms with E-state index in [4.69, 9.17) is 23.2 Å². The van der Waals surface area contributed by atoms with Gasteiger partial charge in [0.1, 0.15) is 11.9 Å². The molecule has 0 fully saturated rings. The van der Waals surface area contributed by atoms with Gasteiger partial charge in [-0.1, -0.05) is 61.7 Å². The molecule has 0 aliphatic heterocycles. The molecule has 0 saturated heterocycles. The maximum absolute atomic E-state index is 14.3. The number of anilines is 1. The minimum absolute atomic E-state index is 0.0512. The van der Waals surface area contributed by atoms with Gasteiger partial charge in [-0.25, -0.2) is 12.8 Å². The van der Waals surface area contributed by atoms with E-state index < -0.39 is 21.9 Å². The fraction of sp³-hybridized carbons (Fsp3) is 0.462. The molecule has 2 aromatic rings. The van der Waals surface area contributed by atoms with Gasteiger partial charge in [0, 0.05) is 36.1 Å². The summed E-state index contributed by atoms with van der Waals surface area (Å²) in [5.41, 5.74) is 0.548. The Bertz CT molecular complexity index is 1180. The van der Waals surface area contributed by atoms with Crippen LogP contribution in [-0.2, 0) is 26.2 Å². The molecule has 204 valence electrons. The van der Waals surface area contributed by atoms with Crippen LogP contribution in [0.25, 0.3) is 0 Å². The molecular formula is C26H34Cl2FN3O4S. The molecule has 1 atom stereocenters. The van der Waals surface area contributed by atoms with Crippen LogP contribution >= 0.6 is 23.2 Å². The Morgan fingerprint density at radius 3 is 2.38 bits per heavy atom. The highest BCUT2D eigenvalue weighted by Crippen LogP contribution is 2.25. The third kappa shape index (κ3) is 9.16. The SMILES string of the molecule is CCCCNC(=O)[C@@H](CC)N(Cc1ccc(Cl)cc1Cl)C(=O)CCCN(c1ccccc1F)S(C)(=O)=O. The Morgan fingerprint density at radius 1 is 1.08 bits per heavy atom. The lowest BCUT2D eigenvalue weighted by atomic mass is 10.1. The molecule has 11 heteroatoms. The van der Waals surface area contributed by atoms with Gasteiger partial charge in [0.25, 0.3) is 0 Å². The number of unbranched alkanes of at least 4 members (excludes halogenated alkanes) is 1. The summed E-state index contributed by atoms with van der Waals surface area (Å²) >= 11 is 12.4. The third-order valence-electron chi connectivity index (χ3n) is 5.84. The van der Waals surface area contributed by atoms with Crippen LogP contribution in [0, 0.1) is 5.82 Å². The van der Waals surface area contributed by atoms with Gasteiger partial charge in [-0.3, -0.25) is 13.9 Å². The summed E-state index contributed by atoms with van der Waals surface area (Å²) in [7, 11) is -3.79. The first kappa shape index (κ1) is 30.9. The summed E-state index contributed by atoms with van der Waals surface area (Å²) in [6.07, 6.45) is 3.17. The smallest absolute Gasteiger partial charge is 0.242 e. The Hall–Kier alpha value is -2.36. The molecule has 0 spiro atoms. The number of halogens is 3. The molecular weight excluding hydrogens is 540 g/mol. The van der Waals surface area contributed by atoms with Gasteiger partial charge in [-0.2, -0.15) is 0 Å². The Balaban J connectivity index is 2.24. The average Bonchev–Trinajstić information content (AvgIpc) is 2.83. The largest absolute Gasteiger partial charge is 0.354 e. The first-order valence-electron chi connectivity index (χ1n) is 12.2. The summed E-state index contributed by atoms with van der Waals surface area (Å²) in [5, 5.41) is 3.70. The van der Waals surface area contributed by atoms with Crippen LogP contribution in [0.15, 0.2) is 42.5 Å². The molecule has 0 radical (unpaired) electrons. The second-order valence-electron chi connectivity index (χ2n) is 8.72. The zero-order valence-corrected chi connectivity index (χ0v) is 23.7. The minimum atomic E-state index is -3.79. The number of benzene rings is 2. The van der Waals surface area contributed by atoms with Crippen LogP contribution < -0.4 is 9.62 Å². The van der Waals surface area contributed by atoms with E-state index in [1.807, 2.05) is 13.8 Å². The van der Waals surface area contributed by atoms with Crippen LogP contribution in [0.5, 0.6) is 0 Å². The van der Waals surface area contributed by atoms with E-state index in [0.717, 1.165) is 23.4 Å². The van der Waals surface area contributed by atoms with Crippen molar-refractivity contribution >= 4 is 50.7 Å². The number of amides is 2. The number of nitrogens with one attached hydrogen (secondary N) is 1. The van der Waals surface area contributed by atoms with Crippen molar-refractivity contribution < 1.29 is 22.4 Å². The van der Waals surface area contributed by atoms with Gasteiger partial charge < -0.3 is 10.2 Å². The van der Waals surface area contributed by atoms with E-state index in [9.17, 15) is 22.4 Å². The van der Waals surface area contributed by atoms with E-state index in [-0.39, 0.29) is 43.4 Å². The van der Waals surface area contributed by atoms with Crippen molar-refractivity contribution in [2.45, 2.75) is 58.5 Å². The molecule has 1 N–H and O–H groups in total. The molecule has 7 nitrogen and oxygen atoms in total. The number of hydrogen-bond acceptors (Lipinski definition) is 4. The number of nitrogens with zero attached hydrogens (tertiary/aromatic N) is 2. The first-order valence-corrected chi connectivity index (χ1v) is 14.8. The van der Waals surface area contributed by atoms with Crippen LogP contribution in [0.3, 0.4) is 0 Å².